The summed E-state index contributed by atoms with van der Waals surface area (Å²) in [6.45, 7) is 2.93. The van der Waals surface area contributed by atoms with Crippen LogP contribution in [0.25, 0.3) is 0 Å². The van der Waals surface area contributed by atoms with Crippen molar-refractivity contribution in [3.8, 4) is 0 Å². The second-order valence-corrected chi connectivity index (χ2v) is 5.19. The van der Waals surface area contributed by atoms with Gasteiger partial charge in [-0.1, -0.05) is 6.42 Å². The molecule has 0 saturated carbocycles. The van der Waals surface area contributed by atoms with Crippen molar-refractivity contribution in [2.45, 2.75) is 32.1 Å². The van der Waals surface area contributed by atoms with Gasteiger partial charge in [0.1, 0.15) is 12.1 Å². The van der Waals surface area contributed by atoms with Gasteiger partial charge in [0.2, 0.25) is 0 Å². The SMILES string of the molecule is NCC1CN(c2ncnc3c2CCCCC3)C1. The van der Waals surface area contributed by atoms with Gasteiger partial charge in [-0.3, -0.25) is 0 Å². The van der Waals surface area contributed by atoms with Crippen LogP contribution in [0, 0.1) is 5.92 Å². The molecule has 0 aromatic carbocycles. The quantitative estimate of drug-likeness (QED) is 0.777. The Morgan fingerprint density at radius 1 is 1.18 bits per heavy atom. The molecule has 1 aliphatic heterocycles. The number of aromatic nitrogens is 2. The maximum Gasteiger partial charge on any atom is 0.135 e. The van der Waals surface area contributed by atoms with E-state index in [-0.39, 0.29) is 0 Å². The largest absolute Gasteiger partial charge is 0.355 e. The van der Waals surface area contributed by atoms with E-state index in [4.69, 9.17) is 5.73 Å². The first kappa shape index (κ1) is 11.0. The molecule has 4 nitrogen and oxygen atoms in total. The minimum Gasteiger partial charge on any atom is -0.355 e. The van der Waals surface area contributed by atoms with Crippen LogP contribution < -0.4 is 10.6 Å². The molecule has 1 fully saturated rings. The standard InChI is InChI=1S/C13H20N4/c14-6-10-7-17(8-10)13-11-4-2-1-3-5-12(11)15-9-16-13/h9-10H,1-8,14H2. The fourth-order valence-corrected chi connectivity index (χ4v) is 2.85. The molecule has 1 saturated heterocycles. The van der Waals surface area contributed by atoms with E-state index in [0.29, 0.717) is 5.92 Å². The van der Waals surface area contributed by atoms with E-state index < -0.39 is 0 Å². The molecule has 3 rings (SSSR count). The number of anilines is 1. The predicted molar refractivity (Wildman–Crippen MR) is 68.0 cm³/mol. The lowest BCUT2D eigenvalue weighted by atomic mass is 9.98. The summed E-state index contributed by atoms with van der Waals surface area (Å²) in [6.07, 6.45) is 7.88. The van der Waals surface area contributed by atoms with E-state index in [1.807, 2.05) is 0 Å². The van der Waals surface area contributed by atoms with Crippen molar-refractivity contribution < 1.29 is 0 Å². The van der Waals surface area contributed by atoms with Gasteiger partial charge in [-0.25, -0.2) is 9.97 Å². The molecule has 0 spiro atoms. The van der Waals surface area contributed by atoms with Crippen LogP contribution in [-0.4, -0.2) is 29.6 Å². The Labute approximate surface area is 102 Å². The average molecular weight is 232 g/mol. The average Bonchev–Trinajstić information content (AvgIpc) is 2.53. The molecule has 92 valence electrons. The summed E-state index contributed by atoms with van der Waals surface area (Å²) >= 11 is 0. The first-order valence-corrected chi connectivity index (χ1v) is 6.66. The summed E-state index contributed by atoms with van der Waals surface area (Å²) in [6, 6.07) is 0. The third-order valence-corrected chi connectivity index (χ3v) is 3.94. The molecule has 1 aliphatic carbocycles. The van der Waals surface area contributed by atoms with Crippen molar-refractivity contribution in [2.75, 3.05) is 24.5 Å². The highest BCUT2D eigenvalue weighted by Gasteiger charge is 2.29. The van der Waals surface area contributed by atoms with Gasteiger partial charge in [-0.2, -0.15) is 0 Å². The number of rotatable bonds is 2. The Kier molecular flexibility index (Phi) is 2.97. The summed E-state index contributed by atoms with van der Waals surface area (Å²) in [5.74, 6) is 1.84. The molecule has 0 amide bonds. The third-order valence-electron chi connectivity index (χ3n) is 3.94. The molecule has 1 aromatic rings. The Balaban J connectivity index is 1.85. The number of hydrogen-bond donors (Lipinski definition) is 1. The summed E-state index contributed by atoms with van der Waals surface area (Å²) in [5.41, 5.74) is 8.36. The molecular weight excluding hydrogens is 212 g/mol. The molecule has 2 aliphatic rings. The zero-order chi connectivity index (χ0) is 11.7. The van der Waals surface area contributed by atoms with Crippen LogP contribution in [0.2, 0.25) is 0 Å². The molecule has 2 heterocycles. The van der Waals surface area contributed by atoms with Crippen molar-refractivity contribution in [1.82, 2.24) is 9.97 Å². The van der Waals surface area contributed by atoms with Gasteiger partial charge in [0, 0.05) is 30.3 Å². The zero-order valence-electron chi connectivity index (χ0n) is 10.2. The van der Waals surface area contributed by atoms with Crippen LogP contribution in [0.5, 0.6) is 0 Å². The molecule has 0 radical (unpaired) electrons. The van der Waals surface area contributed by atoms with E-state index >= 15 is 0 Å². The smallest absolute Gasteiger partial charge is 0.135 e. The normalized spacial score (nSPS) is 20.6. The van der Waals surface area contributed by atoms with Gasteiger partial charge in [0.15, 0.2) is 0 Å². The minimum atomic E-state index is 0.659. The number of hydrogen-bond acceptors (Lipinski definition) is 4. The fourth-order valence-electron chi connectivity index (χ4n) is 2.85. The van der Waals surface area contributed by atoms with E-state index in [1.54, 1.807) is 6.33 Å². The molecule has 1 aromatic heterocycles. The first-order chi connectivity index (χ1) is 8.38. The van der Waals surface area contributed by atoms with Crippen molar-refractivity contribution in [2.24, 2.45) is 11.7 Å². The summed E-state index contributed by atoms with van der Waals surface area (Å²) in [7, 11) is 0. The zero-order valence-corrected chi connectivity index (χ0v) is 10.2. The van der Waals surface area contributed by atoms with E-state index in [0.717, 1.165) is 32.5 Å². The van der Waals surface area contributed by atoms with Crippen LogP contribution in [-0.2, 0) is 12.8 Å². The molecule has 0 atom stereocenters. The summed E-state index contributed by atoms with van der Waals surface area (Å²) in [5, 5.41) is 0. The Morgan fingerprint density at radius 2 is 2.00 bits per heavy atom. The van der Waals surface area contributed by atoms with Gasteiger partial charge in [0.05, 0.1) is 0 Å². The number of nitrogens with zero attached hydrogens (tertiary/aromatic N) is 3. The van der Waals surface area contributed by atoms with Gasteiger partial charge in [0.25, 0.3) is 0 Å². The van der Waals surface area contributed by atoms with Crippen LogP contribution in [0.1, 0.15) is 30.5 Å². The van der Waals surface area contributed by atoms with Crippen LogP contribution in [0.4, 0.5) is 5.82 Å². The van der Waals surface area contributed by atoms with Crippen LogP contribution in [0.3, 0.4) is 0 Å². The third kappa shape index (κ3) is 2.02. The van der Waals surface area contributed by atoms with Crippen LogP contribution in [0.15, 0.2) is 6.33 Å². The minimum absolute atomic E-state index is 0.659. The van der Waals surface area contributed by atoms with Crippen molar-refractivity contribution >= 4 is 5.82 Å². The monoisotopic (exact) mass is 232 g/mol. The van der Waals surface area contributed by atoms with Crippen LogP contribution >= 0.6 is 0 Å². The molecule has 2 N–H and O–H groups in total. The lowest BCUT2D eigenvalue weighted by Gasteiger charge is -2.40. The Hall–Kier alpha value is -1.16. The number of aryl methyl sites for hydroxylation is 1. The number of fused-ring (bicyclic) bond motifs is 1. The Morgan fingerprint density at radius 3 is 2.82 bits per heavy atom. The maximum absolute atomic E-state index is 5.68. The lowest BCUT2D eigenvalue weighted by molar-refractivity contribution is 0.415. The Bertz CT molecular complexity index is 398. The van der Waals surface area contributed by atoms with Gasteiger partial charge >= 0.3 is 0 Å². The van der Waals surface area contributed by atoms with Crippen molar-refractivity contribution in [1.29, 1.82) is 0 Å². The highest BCUT2D eigenvalue weighted by molar-refractivity contribution is 5.51. The van der Waals surface area contributed by atoms with Crippen molar-refractivity contribution in [3.05, 3.63) is 17.6 Å². The van der Waals surface area contributed by atoms with E-state index in [2.05, 4.69) is 14.9 Å². The molecule has 0 unspecified atom stereocenters. The lowest BCUT2D eigenvalue weighted by Crippen LogP contribution is -2.50. The highest BCUT2D eigenvalue weighted by Crippen LogP contribution is 2.30. The van der Waals surface area contributed by atoms with E-state index in [1.165, 1.54) is 36.3 Å². The summed E-state index contributed by atoms with van der Waals surface area (Å²) < 4.78 is 0. The second kappa shape index (κ2) is 4.61. The molecular formula is C13H20N4. The molecule has 0 bridgehead atoms. The first-order valence-electron chi connectivity index (χ1n) is 6.66. The highest BCUT2D eigenvalue weighted by atomic mass is 15.2. The molecule has 17 heavy (non-hydrogen) atoms. The maximum atomic E-state index is 5.68. The predicted octanol–water partition coefficient (Wildman–Crippen LogP) is 1.14. The van der Waals surface area contributed by atoms with Crippen molar-refractivity contribution in [3.63, 3.8) is 0 Å². The topological polar surface area (TPSA) is 55.0 Å². The van der Waals surface area contributed by atoms with Gasteiger partial charge in [-0.05, 0) is 32.2 Å². The fraction of sp³-hybridized carbons (Fsp3) is 0.692. The van der Waals surface area contributed by atoms with E-state index in [9.17, 15) is 0 Å². The number of nitrogens with two attached hydrogens (primary N) is 1. The van der Waals surface area contributed by atoms with Gasteiger partial charge in [-0.15, -0.1) is 0 Å². The molecule has 4 heteroatoms. The summed E-state index contributed by atoms with van der Waals surface area (Å²) in [4.78, 5) is 11.3. The van der Waals surface area contributed by atoms with Gasteiger partial charge < -0.3 is 10.6 Å². The second-order valence-electron chi connectivity index (χ2n) is 5.19.